The molecule has 2 unspecified atom stereocenters. The molecular formula is C13H15BFN3O2S2. The van der Waals surface area contributed by atoms with E-state index in [2.05, 4.69) is 15.3 Å². The maximum Gasteiger partial charge on any atom is 0.232 e. The zero-order chi connectivity index (χ0) is 16.3. The van der Waals surface area contributed by atoms with E-state index in [0.29, 0.717) is 26.9 Å². The van der Waals surface area contributed by atoms with Gasteiger partial charge < -0.3 is 9.87 Å². The minimum Gasteiger partial charge on any atom is -0.617 e. The van der Waals surface area contributed by atoms with Gasteiger partial charge in [-0.25, -0.2) is 9.37 Å². The van der Waals surface area contributed by atoms with Crippen LogP contribution in [0.2, 0.25) is 0 Å². The molecule has 0 aliphatic carbocycles. The number of rotatable bonds is 5. The summed E-state index contributed by atoms with van der Waals surface area (Å²) in [6.07, 6.45) is 4.21. The molecule has 2 atom stereocenters. The number of aromatic nitrogens is 2. The summed E-state index contributed by atoms with van der Waals surface area (Å²) in [5.41, 5.74) is 1.22. The second-order valence-electron chi connectivity index (χ2n) is 4.96. The van der Waals surface area contributed by atoms with Gasteiger partial charge in [0.05, 0.1) is 18.4 Å². The normalized spacial score (nSPS) is 13.6. The molecule has 1 N–H and O–H groups in total. The highest BCUT2D eigenvalue weighted by atomic mass is 32.2. The summed E-state index contributed by atoms with van der Waals surface area (Å²) in [5, 5.41) is 3.99. The number of thiazole rings is 1. The number of carbonyl (C=O) groups is 1. The molecule has 0 aliphatic rings. The molecule has 2 aromatic rings. The molecule has 2 heterocycles. The van der Waals surface area contributed by atoms with Gasteiger partial charge in [0.1, 0.15) is 21.6 Å². The second-order valence-corrected chi connectivity index (χ2v) is 7.43. The lowest BCUT2D eigenvalue weighted by Crippen LogP contribution is -2.28. The first-order valence-electron chi connectivity index (χ1n) is 6.56. The second kappa shape index (κ2) is 7.21. The fraction of sp³-hybridized carbons (Fsp3) is 0.308. The molecule has 0 saturated carbocycles. The first-order valence-corrected chi connectivity index (χ1v) is 9.10. The largest absolute Gasteiger partial charge is 0.617 e. The number of hydrogen-bond donors (Lipinski definition) is 1. The Bertz CT molecular complexity index is 681. The first kappa shape index (κ1) is 16.9. The van der Waals surface area contributed by atoms with Crippen LogP contribution in [0.15, 0.2) is 18.5 Å². The molecule has 0 bridgehead atoms. The molecule has 0 radical (unpaired) electrons. The molecule has 0 saturated heterocycles. The van der Waals surface area contributed by atoms with E-state index in [-0.39, 0.29) is 11.8 Å². The Kier molecular flexibility index (Phi) is 5.55. The van der Waals surface area contributed by atoms with E-state index in [1.165, 1.54) is 23.6 Å². The Morgan fingerprint density at radius 2 is 2.32 bits per heavy atom. The van der Waals surface area contributed by atoms with Crippen LogP contribution in [0.5, 0.6) is 0 Å². The van der Waals surface area contributed by atoms with Crippen LogP contribution in [0.3, 0.4) is 0 Å². The predicted molar refractivity (Wildman–Crippen MR) is 90.2 cm³/mol. The molecule has 9 heteroatoms. The number of nitrogens with zero attached hydrogens (tertiary/aromatic N) is 2. The summed E-state index contributed by atoms with van der Waals surface area (Å²) >= 11 is 0.231. The average Bonchev–Trinajstić information content (AvgIpc) is 2.79. The maximum atomic E-state index is 13.2. The van der Waals surface area contributed by atoms with E-state index in [1.807, 2.05) is 0 Å². The number of hydrogen-bond acceptors (Lipinski definition) is 5. The Balaban J connectivity index is 2.15. The van der Waals surface area contributed by atoms with Crippen molar-refractivity contribution in [3.8, 4) is 10.6 Å². The summed E-state index contributed by atoms with van der Waals surface area (Å²) in [6.45, 7) is 1.73. The monoisotopic (exact) mass is 339 g/mol. The van der Waals surface area contributed by atoms with Gasteiger partial charge in [-0.15, -0.1) is 0 Å². The smallest absolute Gasteiger partial charge is 0.232 e. The van der Waals surface area contributed by atoms with Gasteiger partial charge >= 0.3 is 0 Å². The van der Waals surface area contributed by atoms with Crippen molar-refractivity contribution in [2.24, 2.45) is 5.92 Å². The number of carbonyl (C=O) groups excluding carboxylic acids is 1. The standard InChI is InChI=1S/C13H15BFN3O2S2/c1-7(6-22(2)20)11(19)18-13-10(14)17-12(21-13)8-3-9(15)5-16-4-8/h3-5,7H,6,14H2,1-2H3,(H,18,19). The summed E-state index contributed by atoms with van der Waals surface area (Å²) in [5.74, 6) is -0.683. The van der Waals surface area contributed by atoms with E-state index < -0.39 is 17.0 Å². The quantitative estimate of drug-likeness (QED) is 0.638. The van der Waals surface area contributed by atoms with Crippen LogP contribution in [0.1, 0.15) is 6.92 Å². The Hall–Kier alpha value is -1.45. The highest BCUT2D eigenvalue weighted by molar-refractivity contribution is 7.90. The van der Waals surface area contributed by atoms with Crippen molar-refractivity contribution in [2.75, 3.05) is 17.3 Å². The summed E-state index contributed by atoms with van der Waals surface area (Å²) < 4.78 is 24.4. The van der Waals surface area contributed by atoms with Crippen LogP contribution in [0.4, 0.5) is 9.39 Å². The summed E-state index contributed by atoms with van der Waals surface area (Å²) in [7, 11) is 1.77. The van der Waals surface area contributed by atoms with Gasteiger partial charge in [0.15, 0.2) is 7.85 Å². The number of pyridine rings is 1. The van der Waals surface area contributed by atoms with Crippen molar-refractivity contribution >= 4 is 46.9 Å². The number of anilines is 1. The van der Waals surface area contributed by atoms with Crippen molar-refractivity contribution in [1.82, 2.24) is 9.97 Å². The predicted octanol–water partition coefficient (Wildman–Crippen LogP) is 0.556. The molecule has 2 aromatic heterocycles. The summed E-state index contributed by atoms with van der Waals surface area (Å²) in [4.78, 5) is 20.2. The van der Waals surface area contributed by atoms with Crippen molar-refractivity contribution in [1.29, 1.82) is 0 Å². The molecule has 1 amide bonds. The van der Waals surface area contributed by atoms with E-state index in [4.69, 9.17) is 0 Å². The lowest BCUT2D eigenvalue weighted by molar-refractivity contribution is -0.118. The fourth-order valence-corrected chi connectivity index (χ4v) is 3.63. The van der Waals surface area contributed by atoms with E-state index in [0.717, 1.165) is 6.20 Å². The van der Waals surface area contributed by atoms with Gasteiger partial charge in [0, 0.05) is 17.4 Å². The molecular weight excluding hydrogens is 324 g/mol. The number of nitrogens with one attached hydrogen (secondary N) is 1. The highest BCUT2D eigenvalue weighted by Gasteiger charge is 2.20. The molecule has 116 valence electrons. The lowest BCUT2D eigenvalue weighted by Gasteiger charge is -2.12. The molecule has 22 heavy (non-hydrogen) atoms. The van der Waals surface area contributed by atoms with Crippen LogP contribution in [0, 0.1) is 11.7 Å². The van der Waals surface area contributed by atoms with Gasteiger partial charge in [-0.1, -0.05) is 22.5 Å². The minimum atomic E-state index is -1.03. The van der Waals surface area contributed by atoms with Crippen LogP contribution in [-0.4, -0.2) is 40.3 Å². The Morgan fingerprint density at radius 3 is 2.95 bits per heavy atom. The molecule has 0 fully saturated rings. The third-order valence-corrected chi connectivity index (χ3v) is 5.01. The van der Waals surface area contributed by atoms with E-state index >= 15 is 0 Å². The van der Waals surface area contributed by atoms with Gasteiger partial charge in [-0.2, -0.15) is 0 Å². The topological polar surface area (TPSA) is 77.9 Å². The third kappa shape index (κ3) is 4.28. The third-order valence-electron chi connectivity index (χ3n) is 2.92. The molecule has 0 aliphatic heterocycles. The van der Waals surface area contributed by atoms with Gasteiger partial charge in [0.25, 0.3) is 0 Å². The molecule has 0 spiro atoms. The van der Waals surface area contributed by atoms with Gasteiger partial charge in [0.2, 0.25) is 5.91 Å². The molecule has 5 nitrogen and oxygen atoms in total. The van der Waals surface area contributed by atoms with Crippen molar-refractivity contribution in [3.05, 3.63) is 24.3 Å². The first-order chi connectivity index (χ1) is 10.4. The average molecular weight is 339 g/mol. The van der Waals surface area contributed by atoms with Crippen molar-refractivity contribution in [3.63, 3.8) is 0 Å². The Morgan fingerprint density at radius 1 is 1.59 bits per heavy atom. The maximum absolute atomic E-state index is 13.2. The van der Waals surface area contributed by atoms with Crippen LogP contribution < -0.4 is 10.9 Å². The lowest BCUT2D eigenvalue weighted by atomic mass is 10.1. The van der Waals surface area contributed by atoms with Crippen LogP contribution >= 0.6 is 11.3 Å². The zero-order valence-electron chi connectivity index (χ0n) is 12.4. The number of halogens is 1. The van der Waals surface area contributed by atoms with Crippen LogP contribution in [-0.2, 0) is 16.0 Å². The van der Waals surface area contributed by atoms with Crippen molar-refractivity contribution in [2.45, 2.75) is 6.92 Å². The van der Waals surface area contributed by atoms with E-state index in [1.54, 1.807) is 21.0 Å². The van der Waals surface area contributed by atoms with Crippen LogP contribution in [0.25, 0.3) is 10.6 Å². The number of amides is 1. The van der Waals surface area contributed by atoms with Crippen molar-refractivity contribution < 1.29 is 13.7 Å². The van der Waals surface area contributed by atoms with Gasteiger partial charge in [-0.3, -0.25) is 9.78 Å². The van der Waals surface area contributed by atoms with Gasteiger partial charge in [-0.05, 0) is 13.0 Å². The minimum absolute atomic E-state index is 0.203. The molecule has 0 aromatic carbocycles. The zero-order valence-corrected chi connectivity index (χ0v) is 14.1. The Labute approximate surface area is 136 Å². The summed E-state index contributed by atoms with van der Waals surface area (Å²) in [6, 6.07) is 1.35. The molecule has 2 rings (SSSR count). The van der Waals surface area contributed by atoms with E-state index in [9.17, 15) is 13.7 Å². The SMILES string of the molecule is Bc1nc(-c2cncc(F)c2)sc1NC(=O)C(C)C[S+](C)[O-]. The highest BCUT2D eigenvalue weighted by Crippen LogP contribution is 2.27. The fourth-order valence-electron chi connectivity index (χ4n) is 1.83.